The van der Waals surface area contributed by atoms with Crippen molar-refractivity contribution >= 4 is 0 Å². The van der Waals surface area contributed by atoms with Gasteiger partial charge in [-0.25, -0.2) is 0 Å². The molecule has 2 aliphatic rings. The van der Waals surface area contributed by atoms with Crippen LogP contribution in [-0.4, -0.2) is 109 Å². The van der Waals surface area contributed by atoms with Gasteiger partial charge in [0.1, 0.15) is 36.9 Å². The summed E-state index contributed by atoms with van der Waals surface area (Å²) in [4.78, 5) is 4.43. The van der Waals surface area contributed by atoms with Gasteiger partial charge in [-0.1, -0.05) is 0 Å². The summed E-state index contributed by atoms with van der Waals surface area (Å²) in [6.45, 7) is 13.1. The van der Waals surface area contributed by atoms with Crippen molar-refractivity contribution in [3.63, 3.8) is 0 Å². The van der Waals surface area contributed by atoms with Gasteiger partial charge in [0, 0.05) is 39.3 Å². The number of morpholine rings is 2. The van der Waals surface area contributed by atoms with Crippen LogP contribution in [0.2, 0.25) is 0 Å². The molecule has 2 fully saturated rings. The van der Waals surface area contributed by atoms with Crippen molar-refractivity contribution in [1.82, 2.24) is 9.80 Å². The molecule has 0 radical (unpaired) electrons. The maximum atomic E-state index is 10.3. The predicted molar refractivity (Wildman–Crippen MR) is 122 cm³/mol. The number of rotatable bonds is 10. The quantitative estimate of drug-likeness (QED) is 0.551. The average Bonchev–Trinajstić information content (AvgIpc) is 2.70. The first-order chi connectivity index (χ1) is 15.3. The fourth-order valence-electron chi connectivity index (χ4n) is 4.59. The Hall–Kier alpha value is -1.42. The molecule has 1 aromatic rings. The third kappa shape index (κ3) is 8.50. The van der Waals surface area contributed by atoms with Crippen molar-refractivity contribution in [1.29, 1.82) is 0 Å². The molecule has 2 saturated heterocycles. The minimum Gasteiger partial charge on any atom is -0.491 e. The Morgan fingerprint density at radius 2 is 1.03 bits per heavy atom. The maximum Gasteiger partial charge on any atom is 0.119 e. The molecule has 8 nitrogen and oxygen atoms in total. The van der Waals surface area contributed by atoms with E-state index in [1.165, 1.54) is 0 Å². The Morgan fingerprint density at radius 3 is 1.34 bits per heavy atom. The summed E-state index contributed by atoms with van der Waals surface area (Å²) in [6, 6.07) is 7.27. The Morgan fingerprint density at radius 1 is 0.719 bits per heavy atom. The molecular formula is C24H40N2O6. The second kappa shape index (κ2) is 12.2. The van der Waals surface area contributed by atoms with Gasteiger partial charge in [-0.15, -0.1) is 0 Å². The van der Waals surface area contributed by atoms with E-state index in [1.54, 1.807) is 0 Å². The number of nitrogens with zero attached hydrogens (tertiary/aromatic N) is 2. The van der Waals surface area contributed by atoms with E-state index >= 15 is 0 Å². The van der Waals surface area contributed by atoms with E-state index in [9.17, 15) is 10.2 Å². The minimum atomic E-state index is -0.566. The van der Waals surface area contributed by atoms with E-state index in [0.717, 1.165) is 26.2 Å². The van der Waals surface area contributed by atoms with E-state index in [-0.39, 0.29) is 37.6 Å². The third-order valence-electron chi connectivity index (χ3n) is 5.64. The van der Waals surface area contributed by atoms with E-state index in [1.807, 2.05) is 24.3 Å². The van der Waals surface area contributed by atoms with Crippen LogP contribution in [0.4, 0.5) is 0 Å². The van der Waals surface area contributed by atoms with Crippen LogP contribution in [0.1, 0.15) is 27.7 Å². The van der Waals surface area contributed by atoms with Gasteiger partial charge in [0.05, 0.1) is 24.4 Å². The zero-order valence-electron chi connectivity index (χ0n) is 19.9. The lowest BCUT2D eigenvalue weighted by Crippen LogP contribution is -2.48. The molecule has 0 saturated carbocycles. The first-order valence-corrected chi connectivity index (χ1v) is 11.7. The van der Waals surface area contributed by atoms with Crippen molar-refractivity contribution in [2.45, 2.75) is 64.3 Å². The highest BCUT2D eigenvalue weighted by atomic mass is 16.5. The van der Waals surface area contributed by atoms with Gasteiger partial charge in [-0.2, -0.15) is 0 Å². The summed E-state index contributed by atoms with van der Waals surface area (Å²) in [5.41, 5.74) is 0. The van der Waals surface area contributed by atoms with Crippen LogP contribution in [0.15, 0.2) is 24.3 Å². The molecule has 0 bridgehead atoms. The number of β-amino-alcohol motifs (C(OH)–C–C–N with tert-alkyl or cyclic N) is 2. The van der Waals surface area contributed by atoms with Gasteiger partial charge >= 0.3 is 0 Å². The van der Waals surface area contributed by atoms with Crippen LogP contribution in [0.3, 0.4) is 0 Å². The summed E-state index contributed by atoms with van der Waals surface area (Å²) in [5.74, 6) is 1.36. The normalized spacial score (nSPS) is 29.4. The maximum absolute atomic E-state index is 10.3. The smallest absolute Gasteiger partial charge is 0.119 e. The molecule has 182 valence electrons. The Balaban J connectivity index is 1.34. The Labute approximate surface area is 192 Å². The third-order valence-corrected chi connectivity index (χ3v) is 5.64. The van der Waals surface area contributed by atoms with Gasteiger partial charge in [0.2, 0.25) is 0 Å². The van der Waals surface area contributed by atoms with Crippen LogP contribution in [0, 0.1) is 0 Å². The van der Waals surface area contributed by atoms with Gasteiger partial charge in [-0.3, -0.25) is 9.80 Å². The van der Waals surface area contributed by atoms with E-state index in [2.05, 4.69) is 37.5 Å². The number of hydrogen-bond donors (Lipinski definition) is 2. The molecule has 3 rings (SSSR count). The summed E-state index contributed by atoms with van der Waals surface area (Å²) < 4.78 is 22.9. The van der Waals surface area contributed by atoms with Crippen molar-refractivity contribution in [2.75, 3.05) is 52.5 Å². The lowest BCUT2D eigenvalue weighted by atomic mass is 10.2. The first kappa shape index (κ1) is 25.2. The van der Waals surface area contributed by atoms with Crippen LogP contribution in [0.25, 0.3) is 0 Å². The zero-order chi connectivity index (χ0) is 23.1. The second-order valence-electron chi connectivity index (χ2n) is 9.35. The molecule has 0 aliphatic carbocycles. The van der Waals surface area contributed by atoms with Crippen molar-refractivity contribution in [3.05, 3.63) is 24.3 Å². The average molecular weight is 453 g/mol. The molecule has 8 heteroatoms. The second-order valence-corrected chi connectivity index (χ2v) is 9.35. The van der Waals surface area contributed by atoms with Gasteiger partial charge in [-0.05, 0) is 52.0 Å². The molecule has 0 amide bonds. The number of ether oxygens (including phenoxy) is 4. The molecule has 0 spiro atoms. The highest BCUT2D eigenvalue weighted by molar-refractivity contribution is 5.31. The summed E-state index contributed by atoms with van der Waals surface area (Å²) in [5, 5.41) is 20.7. The zero-order valence-corrected chi connectivity index (χ0v) is 19.9. The standard InChI is InChI=1S/C24H40N2O6/c1-17-9-25(10-18(2)31-17)13-21(27)15-29-23-5-7-24(8-6-23)30-16-22(28)14-26-11-19(3)32-20(4)12-26/h5-8,17-22,27-28H,9-16H2,1-4H3/t17-,18-,19-,20+,21+,22+/m1/s1. The van der Waals surface area contributed by atoms with E-state index in [0.29, 0.717) is 24.6 Å². The molecule has 2 aliphatic heterocycles. The lowest BCUT2D eigenvalue weighted by molar-refractivity contribution is -0.0790. The van der Waals surface area contributed by atoms with Crippen molar-refractivity contribution in [3.8, 4) is 11.5 Å². The molecule has 2 heterocycles. The van der Waals surface area contributed by atoms with Crippen LogP contribution >= 0.6 is 0 Å². The minimum absolute atomic E-state index is 0.180. The molecule has 0 aromatic heterocycles. The number of aliphatic hydroxyl groups excluding tert-OH is 2. The molecular weight excluding hydrogens is 412 g/mol. The molecule has 2 N–H and O–H groups in total. The van der Waals surface area contributed by atoms with Gasteiger partial charge in [0.25, 0.3) is 0 Å². The highest BCUT2D eigenvalue weighted by Gasteiger charge is 2.25. The fourth-order valence-corrected chi connectivity index (χ4v) is 4.59. The monoisotopic (exact) mass is 452 g/mol. The van der Waals surface area contributed by atoms with Crippen LogP contribution < -0.4 is 9.47 Å². The largest absolute Gasteiger partial charge is 0.491 e. The van der Waals surface area contributed by atoms with Crippen LogP contribution in [0.5, 0.6) is 11.5 Å². The summed E-state index contributed by atoms with van der Waals surface area (Å²) >= 11 is 0. The van der Waals surface area contributed by atoms with Gasteiger partial charge in [0.15, 0.2) is 0 Å². The molecule has 32 heavy (non-hydrogen) atoms. The lowest BCUT2D eigenvalue weighted by Gasteiger charge is -2.36. The molecule has 6 atom stereocenters. The summed E-state index contributed by atoms with van der Waals surface area (Å²) in [6.07, 6.45) is -0.413. The highest BCUT2D eigenvalue weighted by Crippen LogP contribution is 2.19. The fraction of sp³-hybridized carbons (Fsp3) is 0.750. The van der Waals surface area contributed by atoms with Crippen molar-refractivity contribution in [2.24, 2.45) is 0 Å². The number of hydrogen-bond acceptors (Lipinski definition) is 8. The van der Waals surface area contributed by atoms with E-state index < -0.39 is 12.2 Å². The number of benzene rings is 1. The topological polar surface area (TPSA) is 83.9 Å². The molecule has 0 unspecified atom stereocenters. The molecule has 1 aromatic carbocycles. The first-order valence-electron chi connectivity index (χ1n) is 11.7. The van der Waals surface area contributed by atoms with Crippen LogP contribution in [-0.2, 0) is 9.47 Å². The SMILES string of the molecule is C[C@@H]1CN(C[C@H](O)COc2ccc(OC[C@@H](O)CN3C[C@@H](C)O[C@@H](C)C3)cc2)C[C@@H](C)O1. The Kier molecular flexibility index (Phi) is 9.58. The summed E-state index contributed by atoms with van der Waals surface area (Å²) in [7, 11) is 0. The van der Waals surface area contributed by atoms with Gasteiger partial charge < -0.3 is 29.2 Å². The number of aliphatic hydroxyl groups is 2. The predicted octanol–water partition coefficient (Wildman–Crippen LogP) is 1.38. The van der Waals surface area contributed by atoms with E-state index in [4.69, 9.17) is 18.9 Å². The van der Waals surface area contributed by atoms with Crippen molar-refractivity contribution < 1.29 is 29.2 Å². The Bertz CT molecular complexity index is 598.